The quantitative estimate of drug-likeness (QED) is 0.406. The highest BCUT2D eigenvalue weighted by Gasteiger charge is 1.95. The molecule has 0 spiro atoms. The van der Waals surface area contributed by atoms with E-state index in [1.54, 1.807) is 0 Å². The molecule has 0 aliphatic rings. The first kappa shape index (κ1) is 12.5. The number of allylic oxidation sites excluding steroid dienone is 4. The van der Waals surface area contributed by atoms with Gasteiger partial charge in [0.25, 0.3) is 0 Å². The summed E-state index contributed by atoms with van der Waals surface area (Å²) in [6, 6.07) is 0. The summed E-state index contributed by atoms with van der Waals surface area (Å²) >= 11 is 3.33. The molecule has 0 N–H and O–H groups in total. The Kier molecular flexibility index (Phi) is 6.69. The molecular formula is C11H17BrO. The maximum atomic E-state index is 5.51. The molecule has 0 aromatic heterocycles. The van der Waals surface area contributed by atoms with Crippen molar-refractivity contribution in [1.82, 2.24) is 0 Å². The van der Waals surface area contributed by atoms with Crippen LogP contribution in [-0.4, -0.2) is 11.4 Å². The summed E-state index contributed by atoms with van der Waals surface area (Å²) in [5, 5.41) is 0.794. The van der Waals surface area contributed by atoms with Gasteiger partial charge in [0.1, 0.15) is 5.76 Å². The predicted molar refractivity (Wildman–Crippen MR) is 62.1 cm³/mol. The van der Waals surface area contributed by atoms with Crippen molar-refractivity contribution < 1.29 is 4.74 Å². The van der Waals surface area contributed by atoms with Crippen LogP contribution in [0.1, 0.15) is 20.8 Å². The third-order valence-electron chi connectivity index (χ3n) is 1.31. The van der Waals surface area contributed by atoms with Crippen LogP contribution in [-0.2, 0) is 4.74 Å². The van der Waals surface area contributed by atoms with Gasteiger partial charge < -0.3 is 4.74 Å². The Labute approximate surface area is 89.3 Å². The zero-order valence-corrected chi connectivity index (χ0v) is 10.1. The van der Waals surface area contributed by atoms with E-state index in [1.807, 2.05) is 39.0 Å². The van der Waals surface area contributed by atoms with Gasteiger partial charge in [0.2, 0.25) is 0 Å². The highest BCUT2D eigenvalue weighted by molar-refractivity contribution is 9.09. The Hall–Kier alpha value is -0.500. The van der Waals surface area contributed by atoms with Gasteiger partial charge in [-0.2, -0.15) is 0 Å². The number of hydrogen-bond acceptors (Lipinski definition) is 1. The molecule has 1 nitrogen and oxygen atoms in total. The SMILES string of the molecule is C=C(/C=C\C(=C/C)OC(C)C)CBr. The molecule has 0 aliphatic heterocycles. The topological polar surface area (TPSA) is 9.23 Å². The van der Waals surface area contributed by atoms with Gasteiger partial charge in [-0.15, -0.1) is 0 Å². The van der Waals surface area contributed by atoms with Crippen molar-refractivity contribution in [2.45, 2.75) is 26.9 Å². The van der Waals surface area contributed by atoms with E-state index in [0.717, 1.165) is 16.7 Å². The molecule has 0 unspecified atom stereocenters. The van der Waals surface area contributed by atoms with E-state index in [4.69, 9.17) is 4.74 Å². The highest BCUT2D eigenvalue weighted by Crippen LogP contribution is 2.06. The molecule has 74 valence electrons. The Morgan fingerprint density at radius 1 is 1.46 bits per heavy atom. The lowest BCUT2D eigenvalue weighted by atomic mass is 10.3. The van der Waals surface area contributed by atoms with Gasteiger partial charge in [-0.05, 0) is 38.5 Å². The van der Waals surface area contributed by atoms with E-state index >= 15 is 0 Å². The Morgan fingerprint density at radius 3 is 2.46 bits per heavy atom. The normalized spacial score (nSPS) is 12.5. The molecule has 0 fully saturated rings. The first-order valence-electron chi connectivity index (χ1n) is 4.35. The fraction of sp³-hybridized carbons (Fsp3) is 0.455. The van der Waals surface area contributed by atoms with E-state index in [0.29, 0.717) is 0 Å². The first-order valence-corrected chi connectivity index (χ1v) is 5.47. The zero-order valence-electron chi connectivity index (χ0n) is 8.51. The number of rotatable bonds is 5. The minimum absolute atomic E-state index is 0.216. The molecule has 2 heteroatoms. The summed E-state index contributed by atoms with van der Waals surface area (Å²) in [6.07, 6.45) is 6.04. The smallest absolute Gasteiger partial charge is 0.115 e. The van der Waals surface area contributed by atoms with Crippen LogP contribution in [0.4, 0.5) is 0 Å². The second-order valence-electron chi connectivity index (χ2n) is 2.98. The summed E-state index contributed by atoms with van der Waals surface area (Å²) in [6.45, 7) is 9.82. The average molecular weight is 245 g/mol. The summed E-state index contributed by atoms with van der Waals surface area (Å²) in [4.78, 5) is 0. The van der Waals surface area contributed by atoms with Crippen LogP contribution in [0.15, 0.2) is 36.1 Å². The van der Waals surface area contributed by atoms with Crippen molar-refractivity contribution >= 4 is 15.9 Å². The molecule has 0 saturated heterocycles. The molecule has 0 atom stereocenters. The lowest BCUT2D eigenvalue weighted by Crippen LogP contribution is -2.00. The van der Waals surface area contributed by atoms with Gasteiger partial charge in [0.05, 0.1) is 6.10 Å². The summed E-state index contributed by atoms with van der Waals surface area (Å²) in [7, 11) is 0. The van der Waals surface area contributed by atoms with Crippen molar-refractivity contribution in [3.8, 4) is 0 Å². The van der Waals surface area contributed by atoms with Crippen molar-refractivity contribution in [2.75, 3.05) is 5.33 Å². The summed E-state index contributed by atoms with van der Waals surface area (Å²) in [5.41, 5.74) is 1.03. The molecule has 0 saturated carbocycles. The predicted octanol–water partition coefficient (Wildman–Crippen LogP) is 3.82. The van der Waals surface area contributed by atoms with Gasteiger partial charge in [0.15, 0.2) is 0 Å². The van der Waals surface area contributed by atoms with Crippen LogP contribution in [0.25, 0.3) is 0 Å². The molecule has 0 aromatic rings. The van der Waals surface area contributed by atoms with E-state index in [1.165, 1.54) is 0 Å². The van der Waals surface area contributed by atoms with Crippen molar-refractivity contribution in [3.05, 3.63) is 36.1 Å². The van der Waals surface area contributed by atoms with Crippen LogP contribution in [0.5, 0.6) is 0 Å². The Bertz CT molecular complexity index is 214. The van der Waals surface area contributed by atoms with Gasteiger partial charge in [-0.1, -0.05) is 28.6 Å². The molecule has 0 amide bonds. The molecule has 0 heterocycles. The molecule has 0 aliphatic carbocycles. The Morgan fingerprint density at radius 2 is 2.08 bits per heavy atom. The summed E-state index contributed by atoms with van der Waals surface area (Å²) in [5.74, 6) is 0.886. The third-order valence-corrected chi connectivity index (χ3v) is 2.03. The Balaban J connectivity index is 4.14. The van der Waals surface area contributed by atoms with Crippen LogP contribution in [0, 0.1) is 0 Å². The van der Waals surface area contributed by atoms with Crippen molar-refractivity contribution in [1.29, 1.82) is 0 Å². The van der Waals surface area contributed by atoms with E-state index in [9.17, 15) is 0 Å². The highest BCUT2D eigenvalue weighted by atomic mass is 79.9. The van der Waals surface area contributed by atoms with Crippen LogP contribution in [0.3, 0.4) is 0 Å². The van der Waals surface area contributed by atoms with Gasteiger partial charge in [-0.25, -0.2) is 0 Å². The molecule has 0 rings (SSSR count). The van der Waals surface area contributed by atoms with Crippen LogP contribution < -0.4 is 0 Å². The monoisotopic (exact) mass is 244 g/mol. The molecule has 0 radical (unpaired) electrons. The van der Waals surface area contributed by atoms with E-state index < -0.39 is 0 Å². The number of ether oxygens (including phenoxy) is 1. The summed E-state index contributed by atoms with van der Waals surface area (Å²) < 4.78 is 5.51. The van der Waals surface area contributed by atoms with Crippen molar-refractivity contribution in [2.24, 2.45) is 0 Å². The van der Waals surface area contributed by atoms with Gasteiger partial charge in [-0.3, -0.25) is 0 Å². The second kappa shape index (κ2) is 6.96. The molecule has 0 bridgehead atoms. The maximum Gasteiger partial charge on any atom is 0.115 e. The fourth-order valence-electron chi connectivity index (χ4n) is 0.720. The van der Waals surface area contributed by atoms with Crippen LogP contribution >= 0.6 is 15.9 Å². The standard InChI is InChI=1S/C11H17BrO/c1-5-11(13-9(2)3)7-6-10(4)8-12/h5-7,9H,4,8H2,1-3H3/b7-6-,11-5+. The second-order valence-corrected chi connectivity index (χ2v) is 3.54. The van der Waals surface area contributed by atoms with Crippen molar-refractivity contribution in [3.63, 3.8) is 0 Å². The molecular weight excluding hydrogens is 228 g/mol. The minimum Gasteiger partial charge on any atom is -0.491 e. The lowest BCUT2D eigenvalue weighted by Gasteiger charge is -2.09. The number of halogens is 1. The van der Waals surface area contributed by atoms with Crippen LogP contribution in [0.2, 0.25) is 0 Å². The number of hydrogen-bond donors (Lipinski definition) is 0. The first-order chi connectivity index (χ1) is 6.10. The molecule has 0 aromatic carbocycles. The van der Waals surface area contributed by atoms with E-state index in [-0.39, 0.29) is 6.10 Å². The fourth-order valence-corrected chi connectivity index (χ4v) is 0.907. The van der Waals surface area contributed by atoms with Gasteiger partial charge in [0, 0.05) is 5.33 Å². The third kappa shape index (κ3) is 6.64. The largest absolute Gasteiger partial charge is 0.491 e. The average Bonchev–Trinajstić information content (AvgIpc) is 2.10. The zero-order chi connectivity index (χ0) is 10.3. The van der Waals surface area contributed by atoms with Gasteiger partial charge >= 0.3 is 0 Å². The lowest BCUT2D eigenvalue weighted by molar-refractivity contribution is 0.157. The van der Waals surface area contributed by atoms with E-state index in [2.05, 4.69) is 22.5 Å². The number of alkyl halides is 1. The maximum absolute atomic E-state index is 5.51. The minimum atomic E-state index is 0.216. The molecule has 13 heavy (non-hydrogen) atoms.